The third kappa shape index (κ3) is 3.75. The maximum atomic E-state index is 12.9. The summed E-state index contributed by atoms with van der Waals surface area (Å²) in [6, 6.07) is 0. The molecule has 1 aromatic rings. The van der Waals surface area contributed by atoms with Crippen LogP contribution >= 0.6 is 11.3 Å². The van der Waals surface area contributed by atoms with Gasteiger partial charge in [-0.25, -0.2) is 4.98 Å². The number of methoxy groups -OCH3 is 1. The van der Waals surface area contributed by atoms with Gasteiger partial charge in [-0.05, 0) is 45.7 Å². The molecular weight excluding hydrogens is 310 g/mol. The van der Waals surface area contributed by atoms with Gasteiger partial charge >= 0.3 is 0 Å². The molecule has 1 aromatic heterocycles. The van der Waals surface area contributed by atoms with Gasteiger partial charge < -0.3 is 9.64 Å². The van der Waals surface area contributed by atoms with E-state index in [9.17, 15) is 4.79 Å². The van der Waals surface area contributed by atoms with Gasteiger partial charge in [0.1, 0.15) is 5.01 Å². The Morgan fingerprint density at radius 3 is 2.87 bits per heavy atom. The molecule has 2 aliphatic rings. The van der Waals surface area contributed by atoms with Gasteiger partial charge in [-0.1, -0.05) is 0 Å². The number of aryl methyl sites for hydroxylation is 1. The third-order valence-corrected chi connectivity index (χ3v) is 6.18. The second kappa shape index (κ2) is 7.28. The first-order valence-corrected chi connectivity index (χ1v) is 9.43. The first-order valence-electron chi connectivity index (χ1n) is 8.55. The van der Waals surface area contributed by atoms with Crippen molar-refractivity contribution in [2.45, 2.75) is 39.2 Å². The number of carbonyl (C=O) groups is 1. The molecule has 5 nitrogen and oxygen atoms in total. The summed E-state index contributed by atoms with van der Waals surface area (Å²) in [6.45, 7) is 7.32. The van der Waals surface area contributed by atoms with E-state index < -0.39 is 0 Å². The van der Waals surface area contributed by atoms with Crippen LogP contribution in [-0.2, 0) is 16.1 Å². The lowest BCUT2D eigenvalue weighted by Crippen LogP contribution is -2.37. The van der Waals surface area contributed by atoms with Gasteiger partial charge in [-0.3, -0.25) is 9.69 Å². The van der Waals surface area contributed by atoms with E-state index in [1.165, 1.54) is 5.01 Å². The molecule has 1 amide bonds. The monoisotopic (exact) mass is 337 g/mol. The van der Waals surface area contributed by atoms with Crippen molar-refractivity contribution in [3.05, 3.63) is 16.1 Å². The summed E-state index contributed by atoms with van der Waals surface area (Å²) in [5.74, 6) is 0.362. The molecule has 1 spiro atoms. The number of thiazole rings is 1. The van der Waals surface area contributed by atoms with Crippen LogP contribution < -0.4 is 0 Å². The number of ether oxygens (including phenoxy) is 1. The summed E-state index contributed by atoms with van der Waals surface area (Å²) >= 11 is 1.74. The largest absolute Gasteiger partial charge is 0.383 e. The van der Waals surface area contributed by atoms with Crippen LogP contribution in [0.5, 0.6) is 0 Å². The summed E-state index contributed by atoms with van der Waals surface area (Å²) in [7, 11) is 1.69. The summed E-state index contributed by atoms with van der Waals surface area (Å²) < 4.78 is 5.13. The highest BCUT2D eigenvalue weighted by molar-refractivity contribution is 7.09. The van der Waals surface area contributed by atoms with Crippen LogP contribution in [0.2, 0.25) is 0 Å². The number of hydrogen-bond acceptors (Lipinski definition) is 5. The Balaban J connectivity index is 1.58. The summed E-state index contributed by atoms with van der Waals surface area (Å²) in [5, 5.41) is 3.31. The number of nitrogens with zero attached hydrogens (tertiary/aromatic N) is 3. The van der Waals surface area contributed by atoms with Gasteiger partial charge in [0.15, 0.2) is 0 Å². The van der Waals surface area contributed by atoms with Gasteiger partial charge in [0.25, 0.3) is 0 Å². The lowest BCUT2D eigenvalue weighted by atomic mass is 9.79. The molecule has 6 heteroatoms. The number of likely N-dealkylation sites (tertiary alicyclic amines) is 2. The SMILES string of the molecule is COCCN1CC[C@]2(CCCN(Cc3nc(C)cs3)CC2)C1=O. The minimum Gasteiger partial charge on any atom is -0.383 e. The Kier molecular flexibility index (Phi) is 5.34. The first-order chi connectivity index (χ1) is 11.1. The molecule has 128 valence electrons. The average molecular weight is 337 g/mol. The fraction of sp³-hybridized carbons (Fsp3) is 0.765. The van der Waals surface area contributed by atoms with Crippen molar-refractivity contribution in [1.29, 1.82) is 0 Å². The fourth-order valence-corrected chi connectivity index (χ4v) is 4.66. The van der Waals surface area contributed by atoms with Crippen molar-refractivity contribution >= 4 is 17.2 Å². The maximum Gasteiger partial charge on any atom is 0.228 e. The Bertz CT molecular complexity index is 548. The predicted octanol–water partition coefficient (Wildman–Crippen LogP) is 2.30. The molecule has 0 saturated carbocycles. The van der Waals surface area contributed by atoms with Crippen molar-refractivity contribution in [2.24, 2.45) is 5.41 Å². The lowest BCUT2D eigenvalue weighted by molar-refractivity contribution is -0.137. The van der Waals surface area contributed by atoms with Crippen molar-refractivity contribution < 1.29 is 9.53 Å². The average Bonchev–Trinajstić information content (AvgIpc) is 2.99. The summed E-state index contributed by atoms with van der Waals surface area (Å²) in [4.78, 5) is 21.9. The number of carbonyl (C=O) groups excluding carboxylic acids is 1. The smallest absolute Gasteiger partial charge is 0.228 e. The molecule has 0 radical (unpaired) electrons. The standard InChI is InChI=1S/C17H27N3O2S/c1-14-13-23-15(18-14)12-19-7-3-4-17(5-8-19)6-9-20(16(17)21)10-11-22-2/h13H,3-12H2,1-2H3/t17-/m1/s1. The highest BCUT2D eigenvalue weighted by Crippen LogP contribution is 2.41. The first kappa shape index (κ1) is 16.9. The zero-order valence-electron chi connectivity index (χ0n) is 14.2. The molecule has 0 bridgehead atoms. The number of hydrogen-bond donors (Lipinski definition) is 0. The van der Waals surface area contributed by atoms with E-state index in [1.807, 2.05) is 11.8 Å². The van der Waals surface area contributed by atoms with E-state index in [0.29, 0.717) is 12.5 Å². The highest BCUT2D eigenvalue weighted by Gasteiger charge is 2.46. The van der Waals surface area contributed by atoms with E-state index in [4.69, 9.17) is 4.74 Å². The van der Waals surface area contributed by atoms with E-state index in [0.717, 1.165) is 64.1 Å². The molecule has 1 atom stereocenters. The molecule has 0 N–H and O–H groups in total. The molecular formula is C17H27N3O2S. The van der Waals surface area contributed by atoms with Crippen LogP contribution in [-0.4, -0.2) is 60.6 Å². The molecule has 23 heavy (non-hydrogen) atoms. The van der Waals surface area contributed by atoms with Gasteiger partial charge in [-0.2, -0.15) is 0 Å². The van der Waals surface area contributed by atoms with Crippen molar-refractivity contribution in [3.8, 4) is 0 Å². The maximum absolute atomic E-state index is 12.9. The third-order valence-electron chi connectivity index (χ3n) is 5.23. The van der Waals surface area contributed by atoms with Crippen molar-refractivity contribution in [1.82, 2.24) is 14.8 Å². The van der Waals surface area contributed by atoms with Crippen LogP contribution in [0.3, 0.4) is 0 Å². The number of aromatic nitrogens is 1. The Hall–Kier alpha value is -0.980. The molecule has 2 saturated heterocycles. The highest BCUT2D eigenvalue weighted by atomic mass is 32.1. The fourth-order valence-electron chi connectivity index (χ4n) is 3.85. The van der Waals surface area contributed by atoms with Gasteiger partial charge in [0.05, 0.1) is 18.6 Å². The molecule has 0 unspecified atom stereocenters. The minimum atomic E-state index is -0.110. The Morgan fingerprint density at radius 1 is 1.30 bits per heavy atom. The molecule has 0 aromatic carbocycles. The van der Waals surface area contributed by atoms with Crippen LogP contribution in [0, 0.1) is 12.3 Å². The van der Waals surface area contributed by atoms with Crippen LogP contribution in [0.15, 0.2) is 5.38 Å². The quantitative estimate of drug-likeness (QED) is 0.827. The van der Waals surface area contributed by atoms with Gasteiger partial charge in [0.2, 0.25) is 5.91 Å². The van der Waals surface area contributed by atoms with E-state index >= 15 is 0 Å². The summed E-state index contributed by atoms with van der Waals surface area (Å²) in [5.41, 5.74) is 0.998. The predicted molar refractivity (Wildman–Crippen MR) is 91.5 cm³/mol. The Morgan fingerprint density at radius 2 is 2.13 bits per heavy atom. The van der Waals surface area contributed by atoms with Crippen molar-refractivity contribution in [3.63, 3.8) is 0 Å². The topological polar surface area (TPSA) is 45.7 Å². The molecule has 3 rings (SSSR count). The zero-order valence-corrected chi connectivity index (χ0v) is 15.0. The zero-order chi connectivity index (χ0) is 16.3. The molecule has 2 aliphatic heterocycles. The van der Waals surface area contributed by atoms with Crippen LogP contribution in [0.25, 0.3) is 0 Å². The van der Waals surface area contributed by atoms with E-state index in [1.54, 1.807) is 18.4 Å². The lowest BCUT2D eigenvalue weighted by Gasteiger charge is -2.26. The van der Waals surface area contributed by atoms with Crippen LogP contribution in [0.4, 0.5) is 0 Å². The summed E-state index contributed by atoms with van der Waals surface area (Å²) in [6.07, 6.45) is 4.14. The van der Waals surface area contributed by atoms with E-state index in [2.05, 4.69) is 15.3 Å². The van der Waals surface area contributed by atoms with Crippen molar-refractivity contribution in [2.75, 3.05) is 39.9 Å². The Labute approximate surface area is 142 Å². The molecule has 3 heterocycles. The normalized spacial score (nSPS) is 26.2. The van der Waals surface area contributed by atoms with Gasteiger partial charge in [0, 0.05) is 31.3 Å². The molecule has 2 fully saturated rings. The second-order valence-electron chi connectivity index (χ2n) is 6.83. The van der Waals surface area contributed by atoms with E-state index in [-0.39, 0.29) is 5.41 Å². The van der Waals surface area contributed by atoms with Crippen LogP contribution in [0.1, 0.15) is 36.4 Å². The van der Waals surface area contributed by atoms with Gasteiger partial charge in [-0.15, -0.1) is 11.3 Å². The number of amides is 1. The number of rotatable bonds is 5. The molecule has 0 aliphatic carbocycles. The minimum absolute atomic E-state index is 0.110. The second-order valence-corrected chi connectivity index (χ2v) is 7.77.